The van der Waals surface area contributed by atoms with Crippen molar-refractivity contribution >= 4 is 11.6 Å². The first-order chi connectivity index (χ1) is 14.6. The number of nitrogens with one attached hydrogen (secondary N) is 1. The van der Waals surface area contributed by atoms with Gasteiger partial charge in [-0.2, -0.15) is 0 Å². The average Bonchev–Trinajstić information content (AvgIpc) is 3.52. The van der Waals surface area contributed by atoms with E-state index >= 15 is 0 Å². The second kappa shape index (κ2) is 9.62. The summed E-state index contributed by atoms with van der Waals surface area (Å²) in [5.74, 6) is 0.369. The number of morpholine rings is 1. The second-order valence-corrected chi connectivity index (χ2v) is 8.89. The predicted molar refractivity (Wildman–Crippen MR) is 117 cm³/mol. The highest BCUT2D eigenvalue weighted by Crippen LogP contribution is 2.42. The average molecular weight is 417 g/mol. The van der Waals surface area contributed by atoms with Gasteiger partial charge >= 0.3 is 0 Å². The molecule has 2 fully saturated rings. The van der Waals surface area contributed by atoms with E-state index in [1.807, 2.05) is 6.20 Å². The molecular weight excluding hydrogens is 380 g/mol. The summed E-state index contributed by atoms with van der Waals surface area (Å²) in [5.41, 5.74) is 3.69. The molecule has 1 aliphatic carbocycles. The Bertz CT molecular complexity index is 733. The molecule has 2 aliphatic heterocycles. The summed E-state index contributed by atoms with van der Waals surface area (Å²) in [7, 11) is 1.76. The van der Waals surface area contributed by atoms with Crippen LogP contribution in [0.2, 0.25) is 0 Å². The molecule has 30 heavy (non-hydrogen) atoms. The number of anilines is 1. The smallest absolute Gasteiger partial charge is 0.253 e. The molecule has 1 N–H and O–H groups in total. The molecule has 1 aromatic heterocycles. The number of pyridine rings is 1. The van der Waals surface area contributed by atoms with Crippen molar-refractivity contribution in [2.75, 3.05) is 51.4 Å². The fraction of sp³-hybridized carbons (Fsp3) is 0.739. The Kier molecular flexibility index (Phi) is 6.91. The summed E-state index contributed by atoms with van der Waals surface area (Å²) in [5, 5.41) is 3.30. The van der Waals surface area contributed by atoms with Gasteiger partial charge in [0.15, 0.2) is 0 Å². The SMILES string of the molecule is COCCCCN1CC([C@H](C)N(C(=O)[C@H]2CNCCO2)C2CC2)c2nccc(C)c21. The standard InChI is InChI=1S/C23H36N4O3/c1-16-8-9-25-21-19(15-26(22(16)21)11-4-5-12-29-3)17(2)27(18-6-7-18)23(28)20-14-24-10-13-30-20/h8-9,17-20,24H,4-7,10-15H2,1-3H3/t17-,19?,20+/m0/s1. The van der Waals surface area contributed by atoms with Crippen molar-refractivity contribution in [2.24, 2.45) is 0 Å². The summed E-state index contributed by atoms with van der Waals surface area (Å²) in [6, 6.07) is 2.55. The van der Waals surface area contributed by atoms with E-state index in [1.54, 1.807) is 7.11 Å². The molecule has 166 valence electrons. The van der Waals surface area contributed by atoms with Gasteiger partial charge < -0.3 is 24.6 Å². The van der Waals surface area contributed by atoms with Crippen LogP contribution in [-0.2, 0) is 14.3 Å². The van der Waals surface area contributed by atoms with E-state index in [1.165, 1.54) is 11.3 Å². The lowest BCUT2D eigenvalue weighted by molar-refractivity contribution is -0.148. The van der Waals surface area contributed by atoms with Crippen molar-refractivity contribution in [3.63, 3.8) is 0 Å². The van der Waals surface area contributed by atoms with Crippen molar-refractivity contribution in [2.45, 2.75) is 63.6 Å². The van der Waals surface area contributed by atoms with Gasteiger partial charge in [-0.25, -0.2) is 0 Å². The number of fused-ring (bicyclic) bond motifs is 1. The van der Waals surface area contributed by atoms with Crippen LogP contribution in [0.5, 0.6) is 0 Å². The summed E-state index contributed by atoms with van der Waals surface area (Å²) < 4.78 is 11.0. The van der Waals surface area contributed by atoms with Gasteiger partial charge in [0.25, 0.3) is 5.91 Å². The van der Waals surface area contributed by atoms with E-state index in [0.29, 0.717) is 19.2 Å². The highest BCUT2D eigenvalue weighted by atomic mass is 16.5. The molecule has 1 aromatic rings. The van der Waals surface area contributed by atoms with E-state index in [-0.39, 0.29) is 24.0 Å². The number of carbonyl (C=O) groups is 1. The first-order valence-electron chi connectivity index (χ1n) is 11.5. The highest BCUT2D eigenvalue weighted by molar-refractivity contribution is 5.82. The molecule has 0 radical (unpaired) electrons. The first kappa shape index (κ1) is 21.5. The molecule has 1 saturated carbocycles. The number of amides is 1. The number of ether oxygens (including phenoxy) is 2. The van der Waals surface area contributed by atoms with Crippen molar-refractivity contribution in [3.8, 4) is 0 Å². The molecule has 3 heterocycles. The maximum Gasteiger partial charge on any atom is 0.253 e. The molecule has 1 saturated heterocycles. The van der Waals surface area contributed by atoms with Crippen LogP contribution in [0.4, 0.5) is 5.69 Å². The summed E-state index contributed by atoms with van der Waals surface area (Å²) in [4.78, 5) is 22.8. The third-order valence-corrected chi connectivity index (χ3v) is 6.68. The zero-order chi connectivity index (χ0) is 21.1. The minimum absolute atomic E-state index is 0.104. The van der Waals surface area contributed by atoms with Crippen LogP contribution in [-0.4, -0.2) is 80.5 Å². The number of hydrogen-bond donors (Lipinski definition) is 1. The Balaban J connectivity index is 1.53. The topological polar surface area (TPSA) is 66.9 Å². The number of unbranched alkanes of at least 4 members (excludes halogenated alkanes) is 1. The van der Waals surface area contributed by atoms with Gasteiger partial charge in [-0.1, -0.05) is 0 Å². The van der Waals surface area contributed by atoms with E-state index in [0.717, 1.165) is 57.6 Å². The fourth-order valence-electron chi connectivity index (χ4n) is 4.95. The summed E-state index contributed by atoms with van der Waals surface area (Å²) >= 11 is 0. The van der Waals surface area contributed by atoms with Gasteiger partial charge in [-0.15, -0.1) is 0 Å². The number of nitrogens with zero attached hydrogens (tertiary/aromatic N) is 3. The maximum absolute atomic E-state index is 13.4. The van der Waals surface area contributed by atoms with Crippen molar-refractivity contribution < 1.29 is 14.3 Å². The molecule has 3 atom stereocenters. The van der Waals surface area contributed by atoms with E-state index in [9.17, 15) is 4.79 Å². The number of rotatable bonds is 9. The minimum Gasteiger partial charge on any atom is -0.385 e. The zero-order valence-electron chi connectivity index (χ0n) is 18.6. The third kappa shape index (κ3) is 4.48. The fourth-order valence-corrected chi connectivity index (χ4v) is 4.95. The molecule has 7 nitrogen and oxygen atoms in total. The van der Waals surface area contributed by atoms with Gasteiger partial charge in [-0.05, 0) is 51.2 Å². The van der Waals surface area contributed by atoms with Crippen LogP contribution >= 0.6 is 0 Å². The second-order valence-electron chi connectivity index (χ2n) is 8.89. The van der Waals surface area contributed by atoms with Crippen LogP contribution in [0.25, 0.3) is 0 Å². The van der Waals surface area contributed by atoms with Crippen LogP contribution in [0, 0.1) is 6.92 Å². The number of aromatic nitrogens is 1. The molecule has 1 unspecified atom stereocenters. The molecule has 0 bridgehead atoms. The van der Waals surface area contributed by atoms with E-state index < -0.39 is 0 Å². The number of carbonyl (C=O) groups excluding carboxylic acids is 1. The number of aryl methyl sites for hydroxylation is 1. The van der Waals surface area contributed by atoms with Gasteiger partial charge in [0.1, 0.15) is 6.10 Å². The Morgan fingerprint density at radius 1 is 1.43 bits per heavy atom. The van der Waals surface area contributed by atoms with E-state index in [4.69, 9.17) is 14.5 Å². The predicted octanol–water partition coefficient (Wildman–Crippen LogP) is 2.09. The third-order valence-electron chi connectivity index (χ3n) is 6.68. The zero-order valence-corrected chi connectivity index (χ0v) is 18.6. The summed E-state index contributed by atoms with van der Waals surface area (Å²) in [6.45, 7) is 9.12. The van der Waals surface area contributed by atoms with Crippen LogP contribution in [0.15, 0.2) is 12.3 Å². The number of hydrogen-bond acceptors (Lipinski definition) is 6. The van der Waals surface area contributed by atoms with Crippen LogP contribution in [0.3, 0.4) is 0 Å². The normalized spacial score (nSPS) is 24.6. The monoisotopic (exact) mass is 416 g/mol. The molecule has 0 spiro atoms. The highest BCUT2D eigenvalue weighted by Gasteiger charge is 2.45. The Morgan fingerprint density at radius 2 is 2.27 bits per heavy atom. The first-order valence-corrected chi connectivity index (χ1v) is 11.5. The lowest BCUT2D eigenvalue weighted by atomic mass is 9.96. The molecule has 1 amide bonds. The van der Waals surface area contributed by atoms with Gasteiger partial charge in [0.05, 0.1) is 18.0 Å². The van der Waals surface area contributed by atoms with Gasteiger partial charge in [-0.3, -0.25) is 9.78 Å². The molecule has 7 heteroatoms. The minimum atomic E-state index is -0.363. The summed E-state index contributed by atoms with van der Waals surface area (Å²) in [6.07, 6.45) is 5.89. The maximum atomic E-state index is 13.4. The quantitative estimate of drug-likeness (QED) is 0.622. The molecule has 0 aromatic carbocycles. The lowest BCUT2D eigenvalue weighted by Crippen LogP contribution is -2.54. The Labute approximate surface area is 180 Å². The Hall–Kier alpha value is -1.70. The largest absolute Gasteiger partial charge is 0.385 e. The van der Waals surface area contributed by atoms with Gasteiger partial charge in [0.2, 0.25) is 0 Å². The molecule has 4 rings (SSSR count). The Morgan fingerprint density at radius 3 is 2.97 bits per heavy atom. The van der Waals surface area contributed by atoms with Crippen LogP contribution < -0.4 is 10.2 Å². The molecule has 3 aliphatic rings. The molecular formula is C23H36N4O3. The van der Waals surface area contributed by atoms with Crippen molar-refractivity contribution in [1.29, 1.82) is 0 Å². The lowest BCUT2D eigenvalue weighted by Gasteiger charge is -2.37. The van der Waals surface area contributed by atoms with Crippen molar-refractivity contribution in [1.82, 2.24) is 15.2 Å². The van der Waals surface area contributed by atoms with E-state index in [2.05, 4.69) is 35.0 Å². The van der Waals surface area contributed by atoms with Gasteiger partial charge in [0, 0.05) is 64.1 Å². The van der Waals surface area contributed by atoms with Crippen molar-refractivity contribution in [3.05, 3.63) is 23.5 Å². The van der Waals surface area contributed by atoms with Crippen LogP contribution in [0.1, 0.15) is 49.8 Å². The number of methoxy groups -OCH3 is 1.